The van der Waals surface area contributed by atoms with Crippen LogP contribution in [0.25, 0.3) is 16.8 Å². The minimum absolute atomic E-state index is 0.0375. The predicted octanol–water partition coefficient (Wildman–Crippen LogP) is 0.771. The van der Waals surface area contributed by atoms with Gasteiger partial charge in [0.15, 0.2) is 0 Å². The summed E-state index contributed by atoms with van der Waals surface area (Å²) in [6.45, 7) is 2.49. The number of carbonyl (C=O) groups excluding carboxylic acids is 1. The number of hydrogen-bond donors (Lipinski definition) is 5. The van der Waals surface area contributed by atoms with Crippen molar-refractivity contribution < 1.29 is 4.79 Å². The number of amides is 1. The van der Waals surface area contributed by atoms with Crippen LogP contribution in [-0.4, -0.2) is 22.6 Å². The Balaban J connectivity index is 2.40. The molecule has 0 bridgehead atoms. The van der Waals surface area contributed by atoms with Gasteiger partial charge in [-0.15, -0.1) is 0 Å². The van der Waals surface area contributed by atoms with Crippen molar-refractivity contribution in [2.45, 2.75) is 13.3 Å². The van der Waals surface area contributed by atoms with Gasteiger partial charge in [-0.05, 0) is 6.42 Å². The highest BCUT2D eigenvalue weighted by Gasteiger charge is 2.15. The van der Waals surface area contributed by atoms with Crippen molar-refractivity contribution in [3.63, 3.8) is 0 Å². The molecule has 0 unspecified atom stereocenters. The number of nitrogen functional groups attached to an aromatic ring is 1. The average molecular weight is 300 g/mol. The molecular formula is C15H20N6O. The fourth-order valence-corrected chi connectivity index (χ4v) is 2.05. The molecule has 2 aromatic rings. The molecule has 0 aliphatic carbocycles. The molecule has 0 atom stereocenters. The zero-order chi connectivity index (χ0) is 16.1. The first-order chi connectivity index (χ1) is 10.6. The van der Waals surface area contributed by atoms with Gasteiger partial charge >= 0.3 is 0 Å². The second-order valence-corrected chi connectivity index (χ2v) is 4.84. The fourth-order valence-electron chi connectivity index (χ4n) is 2.05. The third-order valence-corrected chi connectivity index (χ3v) is 3.28. The lowest BCUT2D eigenvalue weighted by atomic mass is 10.0. The lowest BCUT2D eigenvalue weighted by Gasteiger charge is -2.13. The van der Waals surface area contributed by atoms with Crippen LogP contribution in [0.5, 0.6) is 0 Å². The summed E-state index contributed by atoms with van der Waals surface area (Å²) in [5.74, 6) is -0.396. The number of para-hydroxylation sites is 1. The summed E-state index contributed by atoms with van der Waals surface area (Å²) in [5, 5.41) is 9.32. The Morgan fingerprint density at radius 2 is 2.14 bits per heavy atom. The number of benzene rings is 1. The molecule has 2 rings (SSSR count). The monoisotopic (exact) mass is 300 g/mol. The van der Waals surface area contributed by atoms with Crippen LogP contribution in [0.4, 0.5) is 5.69 Å². The van der Waals surface area contributed by atoms with Gasteiger partial charge in [0.05, 0.1) is 11.9 Å². The molecule has 0 aliphatic heterocycles. The number of carbonyl (C=O) groups is 1. The van der Waals surface area contributed by atoms with Crippen molar-refractivity contribution in [3.8, 4) is 11.1 Å². The van der Waals surface area contributed by atoms with Gasteiger partial charge in [-0.3, -0.25) is 9.89 Å². The van der Waals surface area contributed by atoms with E-state index < -0.39 is 5.91 Å². The zero-order valence-electron chi connectivity index (χ0n) is 12.4. The summed E-state index contributed by atoms with van der Waals surface area (Å²) in [6.07, 6.45) is 4.20. The molecule has 7 heteroatoms. The first kappa shape index (κ1) is 15.4. The lowest BCUT2D eigenvalue weighted by molar-refractivity contribution is -0.117. The van der Waals surface area contributed by atoms with E-state index in [2.05, 4.69) is 15.5 Å². The standard InChI is InChI=1S/C15H20N6O/c1-2-6-19-15(22)14(18)13(17)11-5-3-4-10(12(11)16)9-7-20-21-8-9/h3-5,7-8H,2,6,16-18H2,1H3,(H,19,22)(H,20,21)/b14-13+. The van der Waals surface area contributed by atoms with Crippen LogP contribution in [0, 0.1) is 0 Å². The van der Waals surface area contributed by atoms with Crippen molar-refractivity contribution >= 4 is 17.3 Å². The molecule has 0 saturated carbocycles. The summed E-state index contributed by atoms with van der Waals surface area (Å²) in [6, 6.07) is 5.39. The summed E-state index contributed by atoms with van der Waals surface area (Å²) in [5.41, 5.74) is 20.8. The maximum Gasteiger partial charge on any atom is 0.269 e. The number of rotatable bonds is 5. The first-order valence-electron chi connectivity index (χ1n) is 6.97. The van der Waals surface area contributed by atoms with Crippen LogP contribution in [0.3, 0.4) is 0 Å². The molecule has 0 fully saturated rings. The molecule has 0 radical (unpaired) electrons. The smallest absolute Gasteiger partial charge is 0.269 e. The van der Waals surface area contributed by atoms with Crippen molar-refractivity contribution in [3.05, 3.63) is 41.9 Å². The molecule has 1 heterocycles. The van der Waals surface area contributed by atoms with Crippen LogP contribution in [0.15, 0.2) is 36.3 Å². The molecule has 1 aromatic heterocycles. The van der Waals surface area contributed by atoms with Gasteiger partial charge < -0.3 is 22.5 Å². The highest BCUT2D eigenvalue weighted by molar-refractivity contribution is 6.01. The molecule has 0 saturated heterocycles. The van der Waals surface area contributed by atoms with Crippen LogP contribution >= 0.6 is 0 Å². The maximum absolute atomic E-state index is 11.9. The largest absolute Gasteiger partial charge is 0.398 e. The number of nitrogens with one attached hydrogen (secondary N) is 2. The molecule has 7 nitrogen and oxygen atoms in total. The quantitative estimate of drug-likeness (QED) is 0.410. The van der Waals surface area contributed by atoms with E-state index in [-0.39, 0.29) is 11.4 Å². The second kappa shape index (κ2) is 6.66. The third kappa shape index (κ3) is 3.03. The Morgan fingerprint density at radius 3 is 2.77 bits per heavy atom. The van der Waals surface area contributed by atoms with E-state index in [1.165, 1.54) is 0 Å². The summed E-state index contributed by atoms with van der Waals surface area (Å²) in [7, 11) is 0. The van der Waals surface area contributed by atoms with Gasteiger partial charge in [-0.1, -0.05) is 25.1 Å². The topological polar surface area (TPSA) is 136 Å². The lowest BCUT2D eigenvalue weighted by Crippen LogP contribution is -2.31. The number of hydrogen-bond acceptors (Lipinski definition) is 5. The van der Waals surface area contributed by atoms with E-state index in [9.17, 15) is 4.79 Å². The molecule has 22 heavy (non-hydrogen) atoms. The van der Waals surface area contributed by atoms with E-state index in [0.29, 0.717) is 17.8 Å². The maximum atomic E-state index is 11.9. The molecule has 1 aromatic carbocycles. The van der Waals surface area contributed by atoms with Crippen LogP contribution < -0.4 is 22.5 Å². The van der Waals surface area contributed by atoms with Crippen LogP contribution in [0.2, 0.25) is 0 Å². The Kier molecular flexibility index (Phi) is 4.67. The Bertz CT molecular complexity index is 690. The number of nitrogens with zero attached hydrogens (tertiary/aromatic N) is 1. The minimum Gasteiger partial charge on any atom is -0.398 e. The van der Waals surface area contributed by atoms with Crippen molar-refractivity contribution in [1.82, 2.24) is 15.5 Å². The number of aromatic amines is 1. The SMILES string of the molecule is CCCNC(=O)/C(N)=C(\N)c1cccc(-c2cn[nH]c2)c1N. The van der Waals surface area contributed by atoms with Crippen molar-refractivity contribution in [2.75, 3.05) is 12.3 Å². The third-order valence-electron chi connectivity index (χ3n) is 3.28. The van der Waals surface area contributed by atoms with Gasteiger partial charge in [0.2, 0.25) is 0 Å². The molecule has 0 spiro atoms. The van der Waals surface area contributed by atoms with Crippen molar-refractivity contribution in [1.29, 1.82) is 0 Å². The molecule has 8 N–H and O–H groups in total. The highest BCUT2D eigenvalue weighted by Crippen LogP contribution is 2.30. The predicted molar refractivity (Wildman–Crippen MR) is 87.0 cm³/mol. The summed E-state index contributed by atoms with van der Waals surface area (Å²) in [4.78, 5) is 11.9. The highest BCUT2D eigenvalue weighted by atomic mass is 16.2. The normalized spacial score (nSPS) is 11.9. The summed E-state index contributed by atoms with van der Waals surface area (Å²) < 4.78 is 0. The Hall–Kier alpha value is -2.96. The molecule has 116 valence electrons. The average Bonchev–Trinajstić information content (AvgIpc) is 3.05. The van der Waals surface area contributed by atoms with Crippen molar-refractivity contribution in [2.24, 2.45) is 11.5 Å². The molecular weight excluding hydrogens is 280 g/mol. The number of anilines is 1. The number of nitrogens with two attached hydrogens (primary N) is 3. The van der Waals surface area contributed by atoms with E-state index >= 15 is 0 Å². The van der Waals surface area contributed by atoms with E-state index in [1.54, 1.807) is 24.5 Å². The van der Waals surface area contributed by atoms with E-state index in [0.717, 1.165) is 17.5 Å². The van der Waals surface area contributed by atoms with Gasteiger partial charge in [0, 0.05) is 35.1 Å². The molecule has 1 amide bonds. The zero-order valence-corrected chi connectivity index (χ0v) is 12.4. The first-order valence-corrected chi connectivity index (χ1v) is 6.97. The van der Waals surface area contributed by atoms with Gasteiger partial charge in [-0.2, -0.15) is 5.10 Å². The second-order valence-electron chi connectivity index (χ2n) is 4.84. The van der Waals surface area contributed by atoms with Gasteiger partial charge in [0.1, 0.15) is 5.70 Å². The van der Waals surface area contributed by atoms with E-state index in [1.807, 2.05) is 13.0 Å². The Labute approximate surface area is 128 Å². The van der Waals surface area contributed by atoms with E-state index in [4.69, 9.17) is 17.2 Å². The number of aromatic nitrogens is 2. The van der Waals surface area contributed by atoms with Gasteiger partial charge in [-0.25, -0.2) is 0 Å². The Morgan fingerprint density at radius 1 is 1.36 bits per heavy atom. The minimum atomic E-state index is -0.396. The fraction of sp³-hybridized carbons (Fsp3) is 0.200. The molecule has 0 aliphatic rings. The van der Waals surface area contributed by atoms with Crippen LogP contribution in [-0.2, 0) is 4.79 Å². The van der Waals surface area contributed by atoms with Gasteiger partial charge in [0.25, 0.3) is 5.91 Å². The number of H-pyrrole nitrogens is 1. The van der Waals surface area contributed by atoms with Crippen LogP contribution in [0.1, 0.15) is 18.9 Å². The summed E-state index contributed by atoms with van der Waals surface area (Å²) >= 11 is 0.